The van der Waals surface area contributed by atoms with Crippen LogP contribution in [-0.2, 0) is 4.74 Å². The molecule has 2 N–H and O–H groups in total. The molecule has 0 bridgehead atoms. The molecule has 1 saturated heterocycles. The molecule has 4 rings (SSSR count). The van der Waals surface area contributed by atoms with Crippen LogP contribution in [0.2, 0.25) is 0 Å². The van der Waals surface area contributed by atoms with E-state index in [-0.39, 0.29) is 12.1 Å². The zero-order chi connectivity index (χ0) is 20.8. The van der Waals surface area contributed by atoms with Crippen molar-refractivity contribution < 1.29 is 14.6 Å². The molecule has 1 heterocycles. The van der Waals surface area contributed by atoms with Gasteiger partial charge in [0.05, 0.1) is 24.4 Å². The van der Waals surface area contributed by atoms with Crippen molar-refractivity contribution in [3.05, 3.63) is 55.6 Å². The highest BCUT2D eigenvalue weighted by Gasteiger charge is 2.42. The van der Waals surface area contributed by atoms with E-state index in [0.29, 0.717) is 24.5 Å². The molecule has 5 nitrogen and oxygen atoms in total. The number of para-hydroxylation sites is 1. The van der Waals surface area contributed by atoms with Crippen LogP contribution in [-0.4, -0.2) is 47.4 Å². The monoisotopic (exact) mass is 398 g/mol. The number of anilines is 1. The minimum atomic E-state index is -0.460. The molecule has 158 valence electrons. The van der Waals surface area contributed by atoms with Crippen molar-refractivity contribution in [2.45, 2.75) is 62.9 Å². The van der Waals surface area contributed by atoms with Crippen molar-refractivity contribution in [2.24, 2.45) is 11.8 Å². The summed E-state index contributed by atoms with van der Waals surface area (Å²) in [5.74, 6) is 1.11. The van der Waals surface area contributed by atoms with E-state index in [1.165, 1.54) is 19.3 Å². The molecule has 2 saturated carbocycles. The number of nitrogens with zero attached hydrogens (tertiary/aromatic N) is 1. The van der Waals surface area contributed by atoms with Gasteiger partial charge in [0.2, 0.25) is 0 Å². The number of carbonyl (C=O) groups excluding carboxylic acids is 1. The number of ether oxygens (including phenoxy) is 1. The molecule has 5 heteroatoms. The predicted molar refractivity (Wildman–Crippen MR) is 117 cm³/mol. The summed E-state index contributed by atoms with van der Waals surface area (Å²) in [5.41, 5.74) is 0.759. The van der Waals surface area contributed by atoms with Crippen LogP contribution in [0.25, 0.3) is 0 Å². The number of rotatable bonds is 4. The maximum absolute atomic E-state index is 12.2. The molecule has 29 heavy (non-hydrogen) atoms. The van der Waals surface area contributed by atoms with Gasteiger partial charge in [-0.1, -0.05) is 30.4 Å². The highest BCUT2D eigenvalue weighted by molar-refractivity contribution is 5.89. The van der Waals surface area contributed by atoms with Crippen LogP contribution in [0.4, 0.5) is 10.5 Å². The van der Waals surface area contributed by atoms with Crippen molar-refractivity contribution in [3.8, 4) is 0 Å². The molecule has 1 aromatic carbocycles. The molecule has 6 atom stereocenters. The average Bonchev–Trinajstić information content (AvgIpc) is 3.53. The highest BCUT2D eigenvalue weighted by atomic mass is 16.6. The lowest BCUT2D eigenvalue weighted by Gasteiger charge is -2.37. The molecule has 0 radical (unpaired) electrons. The van der Waals surface area contributed by atoms with Crippen LogP contribution in [0.15, 0.2) is 55.6 Å². The van der Waals surface area contributed by atoms with E-state index in [1.54, 1.807) is 11.9 Å². The number of amides is 2. The number of fused-ring (bicyclic) bond motifs is 1. The maximum atomic E-state index is 12.2. The van der Waals surface area contributed by atoms with Gasteiger partial charge in [0.25, 0.3) is 0 Å². The summed E-state index contributed by atoms with van der Waals surface area (Å²) in [5, 5.41) is 13.0. The number of allylic oxidation sites excluding steroid dienone is 2. The van der Waals surface area contributed by atoms with Gasteiger partial charge in [-0.05, 0) is 62.5 Å². The lowest BCUT2D eigenvalue weighted by atomic mass is 9.83. The van der Waals surface area contributed by atoms with Crippen molar-refractivity contribution in [1.29, 1.82) is 0 Å². The van der Waals surface area contributed by atoms with E-state index < -0.39 is 6.10 Å². The second-order valence-corrected chi connectivity index (χ2v) is 8.37. The molecule has 1 aromatic rings. The SMILES string of the molecule is C=CC1CCC(O)C(N(C)C(=O)Nc2ccccc2)C1.C=CC1CCC2OC2C1. The summed E-state index contributed by atoms with van der Waals surface area (Å²) in [6, 6.07) is 8.99. The zero-order valence-electron chi connectivity index (χ0n) is 17.4. The van der Waals surface area contributed by atoms with E-state index >= 15 is 0 Å². The number of epoxide rings is 1. The Hall–Kier alpha value is -2.11. The molecule has 2 amide bonds. The summed E-state index contributed by atoms with van der Waals surface area (Å²) < 4.78 is 5.36. The fourth-order valence-corrected chi connectivity index (χ4v) is 4.33. The minimum Gasteiger partial charge on any atom is -0.391 e. The van der Waals surface area contributed by atoms with Gasteiger partial charge in [0.15, 0.2) is 0 Å². The Balaban J connectivity index is 0.000000220. The summed E-state index contributed by atoms with van der Waals surface area (Å²) in [6.07, 6.45) is 11.0. The summed E-state index contributed by atoms with van der Waals surface area (Å²) in [7, 11) is 1.73. The Bertz CT molecular complexity index is 693. The number of hydrogen-bond donors (Lipinski definition) is 2. The normalized spacial score (nSPS) is 32.6. The third-order valence-corrected chi connectivity index (χ3v) is 6.38. The molecule has 0 spiro atoms. The van der Waals surface area contributed by atoms with Crippen LogP contribution >= 0.6 is 0 Å². The fourth-order valence-electron chi connectivity index (χ4n) is 4.33. The lowest BCUT2D eigenvalue weighted by Crippen LogP contribution is -2.49. The van der Waals surface area contributed by atoms with Gasteiger partial charge < -0.3 is 20.1 Å². The average molecular weight is 399 g/mol. The third kappa shape index (κ3) is 5.94. The molecule has 3 fully saturated rings. The van der Waals surface area contributed by atoms with Crippen molar-refractivity contribution in [2.75, 3.05) is 12.4 Å². The number of aliphatic hydroxyl groups excluding tert-OH is 1. The van der Waals surface area contributed by atoms with Gasteiger partial charge in [-0.15, -0.1) is 13.2 Å². The van der Waals surface area contributed by atoms with Crippen LogP contribution in [0.5, 0.6) is 0 Å². The second kappa shape index (κ2) is 10.1. The van der Waals surface area contributed by atoms with Crippen LogP contribution < -0.4 is 5.32 Å². The van der Waals surface area contributed by atoms with Gasteiger partial charge in [0, 0.05) is 12.7 Å². The quantitative estimate of drug-likeness (QED) is 0.575. The van der Waals surface area contributed by atoms with Crippen LogP contribution in [0.3, 0.4) is 0 Å². The number of carbonyl (C=O) groups is 1. The summed E-state index contributed by atoms with van der Waals surface area (Å²) in [4.78, 5) is 13.8. The maximum Gasteiger partial charge on any atom is 0.321 e. The van der Waals surface area contributed by atoms with Crippen LogP contribution in [0.1, 0.15) is 38.5 Å². The molecular formula is C24H34N2O3. The Morgan fingerprint density at radius 3 is 2.38 bits per heavy atom. The number of nitrogens with one attached hydrogen (secondary N) is 1. The topological polar surface area (TPSA) is 65.1 Å². The van der Waals surface area contributed by atoms with Gasteiger partial charge in [-0.3, -0.25) is 0 Å². The van der Waals surface area contributed by atoms with E-state index in [2.05, 4.69) is 24.6 Å². The molecule has 3 aliphatic rings. The second-order valence-electron chi connectivity index (χ2n) is 8.37. The first-order valence-electron chi connectivity index (χ1n) is 10.7. The number of urea groups is 1. The Kier molecular flexibility index (Phi) is 7.51. The standard InChI is InChI=1S/C16H22N2O2.C8H12O/c1-3-12-9-10-15(19)14(11-12)18(2)16(20)17-13-7-5-4-6-8-13;1-2-6-3-4-7-8(5-6)9-7/h3-8,12,14-15,19H,1,9-11H2,2H3,(H,17,20);2,6-8H,1,3-5H2. The number of likely N-dealkylation sites (N-methyl/N-ethyl adjacent to an activating group) is 1. The Morgan fingerprint density at radius 1 is 1.07 bits per heavy atom. The Morgan fingerprint density at radius 2 is 1.72 bits per heavy atom. The Labute approximate surface area is 174 Å². The smallest absolute Gasteiger partial charge is 0.321 e. The van der Waals surface area contributed by atoms with Gasteiger partial charge in [0.1, 0.15) is 0 Å². The minimum absolute atomic E-state index is 0.157. The molecule has 2 aliphatic carbocycles. The highest BCUT2D eigenvalue weighted by Crippen LogP contribution is 2.39. The van der Waals surface area contributed by atoms with Crippen molar-refractivity contribution in [3.63, 3.8) is 0 Å². The van der Waals surface area contributed by atoms with Crippen molar-refractivity contribution >= 4 is 11.7 Å². The number of hydrogen-bond acceptors (Lipinski definition) is 3. The number of aliphatic hydroxyl groups is 1. The summed E-state index contributed by atoms with van der Waals surface area (Å²) >= 11 is 0. The first-order valence-corrected chi connectivity index (χ1v) is 10.7. The lowest BCUT2D eigenvalue weighted by molar-refractivity contribution is 0.0383. The largest absolute Gasteiger partial charge is 0.391 e. The van der Waals surface area contributed by atoms with Gasteiger partial charge in [-0.25, -0.2) is 4.79 Å². The molecule has 6 unspecified atom stereocenters. The summed E-state index contributed by atoms with van der Waals surface area (Å²) in [6.45, 7) is 7.60. The van der Waals surface area contributed by atoms with Gasteiger partial charge in [-0.2, -0.15) is 0 Å². The van der Waals surface area contributed by atoms with E-state index in [1.807, 2.05) is 36.4 Å². The van der Waals surface area contributed by atoms with E-state index in [0.717, 1.165) is 24.4 Å². The van der Waals surface area contributed by atoms with E-state index in [4.69, 9.17) is 4.74 Å². The third-order valence-electron chi connectivity index (χ3n) is 6.38. The van der Waals surface area contributed by atoms with Crippen LogP contribution in [0, 0.1) is 11.8 Å². The predicted octanol–water partition coefficient (Wildman–Crippen LogP) is 4.61. The first-order chi connectivity index (χ1) is 14.0. The fraction of sp³-hybridized carbons (Fsp3) is 0.542. The van der Waals surface area contributed by atoms with Crippen molar-refractivity contribution in [1.82, 2.24) is 4.90 Å². The molecule has 0 aromatic heterocycles. The number of benzene rings is 1. The van der Waals surface area contributed by atoms with Gasteiger partial charge >= 0.3 is 6.03 Å². The van der Waals surface area contributed by atoms with E-state index in [9.17, 15) is 9.90 Å². The zero-order valence-corrected chi connectivity index (χ0v) is 17.4. The first kappa shape index (κ1) is 21.6. The molecular weight excluding hydrogens is 364 g/mol. The molecule has 1 aliphatic heterocycles.